The number of nitrogens with zero attached hydrogens (tertiary/aromatic N) is 1. The van der Waals surface area contributed by atoms with Gasteiger partial charge in [0.05, 0.1) is 12.1 Å². The van der Waals surface area contributed by atoms with E-state index in [1.807, 2.05) is 7.05 Å². The normalized spacial score (nSPS) is 25.5. The monoisotopic (exact) mass is 214 g/mol. The summed E-state index contributed by atoms with van der Waals surface area (Å²) in [5.74, 6) is 0.114. The summed E-state index contributed by atoms with van der Waals surface area (Å²) in [4.78, 5) is 13.6. The van der Waals surface area contributed by atoms with Gasteiger partial charge in [0.15, 0.2) is 0 Å². The molecule has 0 aliphatic carbocycles. The molecule has 0 aromatic carbocycles. The number of nitrogens with one attached hydrogen (secondary N) is 1. The van der Waals surface area contributed by atoms with Crippen LogP contribution in [0.2, 0.25) is 0 Å². The molecule has 1 aliphatic heterocycles. The van der Waals surface area contributed by atoms with E-state index in [1.165, 1.54) is 12.8 Å². The van der Waals surface area contributed by atoms with Gasteiger partial charge in [-0.15, -0.1) is 0 Å². The summed E-state index contributed by atoms with van der Waals surface area (Å²) in [6.07, 6.45) is 3.59. The number of aliphatic hydroxyl groups is 1. The Bertz CT molecular complexity index is 209. The molecule has 4 heteroatoms. The second kappa shape index (κ2) is 6.08. The van der Waals surface area contributed by atoms with Crippen LogP contribution in [0.15, 0.2) is 0 Å². The number of β-amino-alcohol motifs (C(OH)–C–C–N with tert-alkyl or cyclic N) is 1. The molecule has 1 amide bonds. The van der Waals surface area contributed by atoms with Gasteiger partial charge in [-0.05, 0) is 12.8 Å². The minimum absolute atomic E-state index is 0.114. The van der Waals surface area contributed by atoms with Gasteiger partial charge in [-0.3, -0.25) is 4.79 Å². The van der Waals surface area contributed by atoms with Crippen molar-refractivity contribution in [3.63, 3.8) is 0 Å². The molecule has 1 fully saturated rings. The van der Waals surface area contributed by atoms with Crippen LogP contribution >= 0.6 is 0 Å². The van der Waals surface area contributed by atoms with Gasteiger partial charge >= 0.3 is 0 Å². The van der Waals surface area contributed by atoms with Crippen LogP contribution in [0.5, 0.6) is 0 Å². The number of unbranched alkanes of at least 4 members (excludes halogenated alkanes) is 2. The Morgan fingerprint density at radius 2 is 2.27 bits per heavy atom. The summed E-state index contributed by atoms with van der Waals surface area (Å²) in [7, 11) is 1.84. The van der Waals surface area contributed by atoms with Crippen LogP contribution in [0, 0.1) is 0 Å². The molecule has 4 nitrogen and oxygen atoms in total. The Balaban J connectivity index is 2.26. The summed E-state index contributed by atoms with van der Waals surface area (Å²) in [5.41, 5.74) is 0. The Morgan fingerprint density at radius 3 is 2.80 bits per heavy atom. The average molecular weight is 214 g/mol. The lowest BCUT2D eigenvalue weighted by molar-refractivity contribution is -0.132. The third-order valence-corrected chi connectivity index (χ3v) is 2.88. The highest BCUT2D eigenvalue weighted by molar-refractivity contribution is 5.82. The van der Waals surface area contributed by atoms with E-state index in [1.54, 1.807) is 4.90 Å². The first-order valence-corrected chi connectivity index (χ1v) is 5.81. The first kappa shape index (κ1) is 12.5. The number of carbonyl (C=O) groups is 1. The minimum Gasteiger partial charge on any atom is -0.392 e. The zero-order valence-electron chi connectivity index (χ0n) is 9.70. The highest BCUT2D eigenvalue weighted by atomic mass is 16.3. The standard InChI is InChI=1S/C11H22N2O2/c1-3-4-5-6-13(2)11(15)10-7-9(14)8-12-10/h9-10,12,14H,3-8H2,1-2H3/t9?,10-/m0/s1. The summed E-state index contributed by atoms with van der Waals surface area (Å²) in [5, 5.41) is 12.3. The molecule has 1 rings (SSSR count). The fourth-order valence-electron chi connectivity index (χ4n) is 1.88. The Labute approximate surface area is 91.6 Å². The smallest absolute Gasteiger partial charge is 0.239 e. The zero-order chi connectivity index (χ0) is 11.3. The van der Waals surface area contributed by atoms with E-state index in [9.17, 15) is 9.90 Å². The van der Waals surface area contributed by atoms with E-state index in [0.29, 0.717) is 13.0 Å². The summed E-state index contributed by atoms with van der Waals surface area (Å²) >= 11 is 0. The van der Waals surface area contributed by atoms with E-state index in [-0.39, 0.29) is 18.1 Å². The Morgan fingerprint density at radius 1 is 1.53 bits per heavy atom. The van der Waals surface area contributed by atoms with E-state index in [2.05, 4.69) is 12.2 Å². The van der Waals surface area contributed by atoms with Gasteiger partial charge in [0.1, 0.15) is 0 Å². The average Bonchev–Trinajstić information content (AvgIpc) is 2.64. The van der Waals surface area contributed by atoms with Crippen molar-refractivity contribution in [1.82, 2.24) is 10.2 Å². The Hall–Kier alpha value is -0.610. The molecule has 2 atom stereocenters. The topological polar surface area (TPSA) is 52.6 Å². The van der Waals surface area contributed by atoms with Crippen molar-refractivity contribution in [1.29, 1.82) is 0 Å². The molecule has 2 N–H and O–H groups in total. The highest BCUT2D eigenvalue weighted by Gasteiger charge is 2.29. The molecule has 0 aromatic rings. The van der Waals surface area contributed by atoms with Crippen molar-refractivity contribution in [2.75, 3.05) is 20.1 Å². The lowest BCUT2D eigenvalue weighted by Gasteiger charge is -2.20. The van der Waals surface area contributed by atoms with Crippen LogP contribution in [0.4, 0.5) is 0 Å². The lowest BCUT2D eigenvalue weighted by atomic mass is 10.1. The van der Waals surface area contributed by atoms with Crippen molar-refractivity contribution >= 4 is 5.91 Å². The maximum atomic E-state index is 11.8. The predicted octanol–water partition coefficient (Wildman–Crippen LogP) is 0.358. The van der Waals surface area contributed by atoms with Gasteiger partial charge < -0.3 is 15.3 Å². The van der Waals surface area contributed by atoms with Crippen molar-refractivity contribution in [2.45, 2.75) is 44.8 Å². The van der Waals surface area contributed by atoms with Crippen LogP contribution in [0.1, 0.15) is 32.6 Å². The third kappa shape index (κ3) is 3.80. The number of hydrogen-bond donors (Lipinski definition) is 2. The molecule has 1 saturated heterocycles. The second-order valence-corrected chi connectivity index (χ2v) is 4.32. The van der Waals surface area contributed by atoms with Crippen LogP contribution in [0.3, 0.4) is 0 Å². The summed E-state index contributed by atoms with van der Waals surface area (Å²) < 4.78 is 0. The molecular weight excluding hydrogens is 192 g/mol. The number of carbonyl (C=O) groups excluding carboxylic acids is 1. The molecule has 0 bridgehead atoms. The number of likely N-dealkylation sites (N-methyl/N-ethyl adjacent to an activating group) is 1. The molecule has 0 saturated carbocycles. The molecule has 88 valence electrons. The molecule has 1 aliphatic rings. The molecule has 0 aromatic heterocycles. The van der Waals surface area contributed by atoms with Gasteiger partial charge in [0.25, 0.3) is 0 Å². The van der Waals surface area contributed by atoms with Crippen LogP contribution in [-0.4, -0.2) is 48.2 Å². The summed E-state index contributed by atoms with van der Waals surface area (Å²) in [6.45, 7) is 3.51. The fourth-order valence-corrected chi connectivity index (χ4v) is 1.88. The SMILES string of the molecule is CCCCCN(C)C(=O)[C@@H]1CC(O)CN1. The van der Waals surface area contributed by atoms with Gasteiger partial charge in [0.2, 0.25) is 5.91 Å². The molecule has 0 spiro atoms. The first-order chi connectivity index (χ1) is 7.15. The van der Waals surface area contributed by atoms with Gasteiger partial charge in [0, 0.05) is 20.1 Å². The van der Waals surface area contributed by atoms with E-state index >= 15 is 0 Å². The molecule has 15 heavy (non-hydrogen) atoms. The van der Waals surface area contributed by atoms with Gasteiger partial charge in [-0.1, -0.05) is 19.8 Å². The number of amides is 1. The predicted molar refractivity (Wildman–Crippen MR) is 59.6 cm³/mol. The van der Waals surface area contributed by atoms with Gasteiger partial charge in [-0.25, -0.2) is 0 Å². The highest BCUT2D eigenvalue weighted by Crippen LogP contribution is 2.09. The largest absolute Gasteiger partial charge is 0.392 e. The lowest BCUT2D eigenvalue weighted by Crippen LogP contribution is -2.41. The molecule has 1 unspecified atom stereocenters. The van der Waals surface area contributed by atoms with Crippen molar-refractivity contribution in [3.05, 3.63) is 0 Å². The van der Waals surface area contributed by atoms with Crippen molar-refractivity contribution in [3.8, 4) is 0 Å². The summed E-state index contributed by atoms with van der Waals surface area (Å²) in [6, 6.07) is -0.174. The first-order valence-electron chi connectivity index (χ1n) is 5.81. The third-order valence-electron chi connectivity index (χ3n) is 2.88. The van der Waals surface area contributed by atoms with E-state index < -0.39 is 0 Å². The molecular formula is C11H22N2O2. The molecule has 1 heterocycles. The fraction of sp³-hybridized carbons (Fsp3) is 0.909. The van der Waals surface area contributed by atoms with Crippen molar-refractivity contribution in [2.24, 2.45) is 0 Å². The maximum absolute atomic E-state index is 11.8. The van der Waals surface area contributed by atoms with Gasteiger partial charge in [-0.2, -0.15) is 0 Å². The zero-order valence-corrected chi connectivity index (χ0v) is 9.70. The maximum Gasteiger partial charge on any atom is 0.239 e. The van der Waals surface area contributed by atoms with Crippen LogP contribution < -0.4 is 5.32 Å². The van der Waals surface area contributed by atoms with Crippen LogP contribution in [-0.2, 0) is 4.79 Å². The molecule has 0 radical (unpaired) electrons. The second-order valence-electron chi connectivity index (χ2n) is 4.32. The quantitative estimate of drug-likeness (QED) is 0.650. The van der Waals surface area contributed by atoms with E-state index in [0.717, 1.165) is 13.0 Å². The van der Waals surface area contributed by atoms with Crippen molar-refractivity contribution < 1.29 is 9.90 Å². The van der Waals surface area contributed by atoms with E-state index in [4.69, 9.17) is 0 Å². The number of rotatable bonds is 5. The minimum atomic E-state index is -0.358. The number of hydrogen-bond acceptors (Lipinski definition) is 3. The Kier molecular flexibility index (Phi) is 5.05. The number of aliphatic hydroxyl groups excluding tert-OH is 1. The van der Waals surface area contributed by atoms with Crippen LogP contribution in [0.25, 0.3) is 0 Å².